The number of ether oxygens (including phenoxy) is 2. The van der Waals surface area contributed by atoms with E-state index < -0.39 is 5.97 Å². The molecular weight excluding hydrogens is 368 g/mol. The van der Waals surface area contributed by atoms with Crippen LogP contribution in [-0.2, 0) is 16.6 Å². The Bertz CT molecular complexity index is 1080. The third-order valence-electron chi connectivity index (χ3n) is 4.80. The number of aromatic nitrogens is 1. The average Bonchev–Trinajstić information content (AvgIpc) is 2.98. The first kappa shape index (κ1) is 20.2. The molecule has 1 aromatic heterocycles. The lowest BCUT2D eigenvalue weighted by molar-refractivity contribution is -0.111. The third kappa shape index (κ3) is 4.01. The van der Waals surface area contributed by atoms with Crippen molar-refractivity contribution in [1.29, 1.82) is 0 Å². The van der Waals surface area contributed by atoms with E-state index in [1.807, 2.05) is 54.9 Å². The Balaban J connectivity index is 2.08. The number of amides is 1. The summed E-state index contributed by atoms with van der Waals surface area (Å²) in [5.74, 6) is -0.287. The molecule has 1 N–H and O–H groups in total. The molecule has 0 aliphatic rings. The molecule has 0 fully saturated rings. The summed E-state index contributed by atoms with van der Waals surface area (Å²) in [5, 5.41) is 3.48. The predicted molar refractivity (Wildman–Crippen MR) is 114 cm³/mol. The van der Waals surface area contributed by atoms with Crippen LogP contribution in [0.1, 0.15) is 28.5 Å². The number of esters is 1. The van der Waals surface area contributed by atoms with Crippen molar-refractivity contribution in [3.05, 3.63) is 65.4 Å². The molecule has 0 bridgehead atoms. The molecule has 0 aliphatic heterocycles. The van der Waals surface area contributed by atoms with E-state index in [2.05, 4.69) is 5.32 Å². The van der Waals surface area contributed by atoms with Crippen LogP contribution >= 0.6 is 0 Å². The number of nitrogens with one attached hydrogen (secondary N) is 1. The highest BCUT2D eigenvalue weighted by atomic mass is 16.5. The van der Waals surface area contributed by atoms with Crippen molar-refractivity contribution in [2.45, 2.75) is 13.8 Å². The Labute approximate surface area is 169 Å². The van der Waals surface area contributed by atoms with Crippen LogP contribution in [0, 0.1) is 6.92 Å². The van der Waals surface area contributed by atoms with Gasteiger partial charge in [-0.15, -0.1) is 0 Å². The minimum absolute atomic E-state index is 0.264. The molecule has 29 heavy (non-hydrogen) atoms. The van der Waals surface area contributed by atoms with Gasteiger partial charge in [0.25, 0.3) is 0 Å². The number of rotatable bonds is 6. The molecule has 0 aliphatic carbocycles. The predicted octanol–water partition coefficient (Wildman–Crippen LogP) is 4.32. The second-order valence-electron chi connectivity index (χ2n) is 6.51. The molecular formula is C23H24N2O4. The van der Waals surface area contributed by atoms with Gasteiger partial charge in [0.15, 0.2) is 0 Å². The first-order valence-corrected chi connectivity index (χ1v) is 9.35. The molecule has 1 amide bonds. The maximum atomic E-state index is 12.6. The number of benzene rings is 2. The maximum Gasteiger partial charge on any atom is 0.340 e. The standard InChI is InChI=1S/C23H24N2O4/c1-5-29-23(27)20-15(2)25(3)17-12-13-18(28-4)22(21(17)20)24-19(26)14-11-16-9-7-6-8-10-16/h6-14H,5H2,1-4H3,(H,24,26). The van der Waals surface area contributed by atoms with Gasteiger partial charge in [-0.05, 0) is 37.6 Å². The molecule has 0 saturated heterocycles. The molecule has 2 aromatic carbocycles. The molecule has 3 rings (SSSR count). The van der Waals surface area contributed by atoms with Gasteiger partial charge in [0.05, 0.1) is 30.5 Å². The fourth-order valence-corrected chi connectivity index (χ4v) is 3.28. The molecule has 0 atom stereocenters. The second kappa shape index (κ2) is 8.65. The van der Waals surface area contributed by atoms with Crippen LogP contribution in [0.3, 0.4) is 0 Å². The molecule has 1 heterocycles. The van der Waals surface area contributed by atoms with Gasteiger partial charge in [-0.1, -0.05) is 30.3 Å². The highest BCUT2D eigenvalue weighted by Gasteiger charge is 2.24. The van der Waals surface area contributed by atoms with E-state index in [1.165, 1.54) is 13.2 Å². The number of hydrogen-bond donors (Lipinski definition) is 1. The Morgan fingerprint density at radius 3 is 2.52 bits per heavy atom. The number of methoxy groups -OCH3 is 1. The third-order valence-corrected chi connectivity index (χ3v) is 4.80. The lowest BCUT2D eigenvalue weighted by Crippen LogP contribution is -2.11. The van der Waals surface area contributed by atoms with Gasteiger partial charge < -0.3 is 19.4 Å². The number of carbonyl (C=O) groups excluding carboxylic acids is 2. The van der Waals surface area contributed by atoms with E-state index in [0.29, 0.717) is 22.4 Å². The van der Waals surface area contributed by atoms with E-state index in [1.54, 1.807) is 19.1 Å². The number of aryl methyl sites for hydroxylation is 1. The zero-order chi connectivity index (χ0) is 21.0. The number of anilines is 1. The molecule has 0 unspecified atom stereocenters. The van der Waals surface area contributed by atoms with Crippen molar-refractivity contribution < 1.29 is 19.1 Å². The van der Waals surface area contributed by atoms with Crippen molar-refractivity contribution in [1.82, 2.24) is 4.57 Å². The normalized spacial score (nSPS) is 11.0. The molecule has 3 aromatic rings. The fourth-order valence-electron chi connectivity index (χ4n) is 3.28. The minimum Gasteiger partial charge on any atom is -0.495 e. The summed E-state index contributed by atoms with van der Waals surface area (Å²) in [6.07, 6.45) is 3.18. The first-order chi connectivity index (χ1) is 14.0. The van der Waals surface area contributed by atoms with Crippen LogP contribution in [0.25, 0.3) is 17.0 Å². The van der Waals surface area contributed by atoms with Gasteiger partial charge in [-0.3, -0.25) is 4.79 Å². The van der Waals surface area contributed by atoms with Crippen molar-refractivity contribution in [3.8, 4) is 5.75 Å². The summed E-state index contributed by atoms with van der Waals surface area (Å²) in [6, 6.07) is 13.2. The zero-order valence-corrected chi connectivity index (χ0v) is 17.0. The molecule has 150 valence electrons. The summed E-state index contributed by atoms with van der Waals surface area (Å²) in [5.41, 5.74) is 3.33. The van der Waals surface area contributed by atoms with Crippen LogP contribution in [0.15, 0.2) is 48.5 Å². The van der Waals surface area contributed by atoms with Gasteiger partial charge in [0.1, 0.15) is 5.75 Å². The van der Waals surface area contributed by atoms with E-state index in [-0.39, 0.29) is 12.5 Å². The van der Waals surface area contributed by atoms with Crippen LogP contribution in [0.4, 0.5) is 5.69 Å². The fraction of sp³-hybridized carbons (Fsp3) is 0.217. The quantitative estimate of drug-likeness (QED) is 0.501. The zero-order valence-electron chi connectivity index (χ0n) is 17.0. The Morgan fingerprint density at radius 1 is 1.14 bits per heavy atom. The van der Waals surface area contributed by atoms with Crippen LogP contribution in [0.2, 0.25) is 0 Å². The highest BCUT2D eigenvalue weighted by Crippen LogP contribution is 2.38. The smallest absolute Gasteiger partial charge is 0.340 e. The maximum absolute atomic E-state index is 12.6. The van der Waals surface area contributed by atoms with Gasteiger partial charge >= 0.3 is 5.97 Å². The summed E-state index contributed by atoms with van der Waals surface area (Å²) in [6.45, 7) is 3.87. The minimum atomic E-state index is -0.431. The van der Waals surface area contributed by atoms with Gasteiger partial charge in [-0.25, -0.2) is 4.79 Å². The van der Waals surface area contributed by atoms with Crippen molar-refractivity contribution in [2.24, 2.45) is 7.05 Å². The van der Waals surface area contributed by atoms with E-state index >= 15 is 0 Å². The lowest BCUT2D eigenvalue weighted by atomic mass is 10.1. The highest BCUT2D eigenvalue weighted by molar-refractivity contribution is 6.16. The topological polar surface area (TPSA) is 69.6 Å². The lowest BCUT2D eigenvalue weighted by Gasteiger charge is -2.12. The van der Waals surface area contributed by atoms with E-state index in [0.717, 1.165) is 16.8 Å². The number of carbonyl (C=O) groups is 2. The van der Waals surface area contributed by atoms with Crippen molar-refractivity contribution >= 4 is 34.5 Å². The molecule has 6 nitrogen and oxygen atoms in total. The molecule has 0 radical (unpaired) electrons. The second-order valence-corrected chi connectivity index (χ2v) is 6.51. The summed E-state index contributed by atoms with van der Waals surface area (Å²) in [7, 11) is 3.39. The van der Waals surface area contributed by atoms with Gasteiger partial charge in [0.2, 0.25) is 5.91 Å². The molecule has 6 heteroatoms. The SMILES string of the molecule is CCOC(=O)c1c(C)n(C)c2ccc(OC)c(NC(=O)C=Cc3ccccc3)c12. The van der Waals surface area contributed by atoms with E-state index in [9.17, 15) is 9.59 Å². The number of nitrogens with zero attached hydrogens (tertiary/aromatic N) is 1. The Morgan fingerprint density at radius 2 is 1.86 bits per heavy atom. The monoisotopic (exact) mass is 392 g/mol. The molecule has 0 saturated carbocycles. The van der Waals surface area contributed by atoms with Crippen LogP contribution < -0.4 is 10.1 Å². The summed E-state index contributed by atoms with van der Waals surface area (Å²) < 4.78 is 12.6. The van der Waals surface area contributed by atoms with Crippen molar-refractivity contribution in [2.75, 3.05) is 19.0 Å². The number of fused-ring (bicyclic) bond motifs is 1. The first-order valence-electron chi connectivity index (χ1n) is 9.35. The largest absolute Gasteiger partial charge is 0.495 e. The summed E-state index contributed by atoms with van der Waals surface area (Å²) in [4.78, 5) is 25.3. The van der Waals surface area contributed by atoms with Gasteiger partial charge in [-0.2, -0.15) is 0 Å². The van der Waals surface area contributed by atoms with Crippen molar-refractivity contribution in [3.63, 3.8) is 0 Å². The molecule has 0 spiro atoms. The van der Waals surface area contributed by atoms with E-state index in [4.69, 9.17) is 9.47 Å². The Kier molecular flexibility index (Phi) is 6.02. The van der Waals surface area contributed by atoms with Gasteiger partial charge in [0, 0.05) is 24.2 Å². The van der Waals surface area contributed by atoms with Crippen LogP contribution in [0.5, 0.6) is 5.75 Å². The summed E-state index contributed by atoms with van der Waals surface area (Å²) >= 11 is 0. The average molecular weight is 392 g/mol. The van der Waals surface area contributed by atoms with Crippen LogP contribution in [-0.4, -0.2) is 30.2 Å². The number of hydrogen-bond acceptors (Lipinski definition) is 4. The Hall–Kier alpha value is -3.54.